The number of carbonyl (C=O) groups is 1. The van der Waals surface area contributed by atoms with Crippen molar-refractivity contribution in [2.24, 2.45) is 0 Å². The average molecular weight is 334 g/mol. The molecular formula is C19H18N4O2. The van der Waals surface area contributed by atoms with Gasteiger partial charge >= 0.3 is 0 Å². The third-order valence-corrected chi connectivity index (χ3v) is 3.63. The number of hydrogen-bond donors (Lipinski definition) is 3. The minimum Gasteiger partial charge on any atom is -0.492 e. The van der Waals surface area contributed by atoms with Gasteiger partial charge in [-0.3, -0.25) is 15.5 Å². The van der Waals surface area contributed by atoms with E-state index in [2.05, 4.69) is 10.6 Å². The van der Waals surface area contributed by atoms with E-state index < -0.39 is 0 Å². The number of guanidine groups is 1. The van der Waals surface area contributed by atoms with E-state index >= 15 is 0 Å². The van der Waals surface area contributed by atoms with Gasteiger partial charge in [0.1, 0.15) is 11.3 Å². The first-order chi connectivity index (χ1) is 12.2. The van der Waals surface area contributed by atoms with Crippen molar-refractivity contribution in [3.8, 4) is 17.0 Å². The minimum atomic E-state index is -0.108. The van der Waals surface area contributed by atoms with Crippen molar-refractivity contribution in [3.05, 3.63) is 54.6 Å². The first-order valence-corrected chi connectivity index (χ1v) is 7.90. The molecule has 3 rings (SSSR count). The molecule has 1 aromatic heterocycles. The molecule has 0 saturated heterocycles. The number of fused-ring (bicyclic) bond motifs is 1. The van der Waals surface area contributed by atoms with Crippen molar-refractivity contribution >= 4 is 29.0 Å². The molecule has 0 saturated carbocycles. The van der Waals surface area contributed by atoms with Crippen LogP contribution in [0.5, 0.6) is 5.75 Å². The monoisotopic (exact) mass is 334 g/mol. The van der Waals surface area contributed by atoms with Gasteiger partial charge in [-0.1, -0.05) is 42.5 Å². The molecule has 0 aliphatic heterocycles. The smallest absolute Gasteiger partial charge is 0.213 e. The van der Waals surface area contributed by atoms with Crippen molar-refractivity contribution < 1.29 is 9.53 Å². The largest absolute Gasteiger partial charge is 0.492 e. The Morgan fingerprint density at radius 1 is 1.20 bits per heavy atom. The molecule has 3 N–H and O–H groups in total. The van der Waals surface area contributed by atoms with Gasteiger partial charge in [0.05, 0.1) is 18.0 Å². The van der Waals surface area contributed by atoms with Gasteiger partial charge in [0.15, 0.2) is 5.96 Å². The Hall–Kier alpha value is -3.41. The summed E-state index contributed by atoms with van der Waals surface area (Å²) in [6, 6.07) is 17.3. The zero-order chi connectivity index (χ0) is 17.6. The molecule has 0 atom stereocenters. The van der Waals surface area contributed by atoms with Gasteiger partial charge in [0.2, 0.25) is 6.41 Å². The molecule has 0 aliphatic rings. The Bertz CT molecular complexity index is 910. The lowest BCUT2D eigenvalue weighted by Crippen LogP contribution is -2.28. The quantitative estimate of drug-likeness (QED) is 0.379. The molecule has 126 valence electrons. The van der Waals surface area contributed by atoms with Crippen LogP contribution in [-0.4, -0.2) is 24.0 Å². The lowest BCUT2D eigenvalue weighted by Gasteiger charge is -2.14. The summed E-state index contributed by atoms with van der Waals surface area (Å²) in [6.07, 6.45) is 0.461. The Kier molecular flexibility index (Phi) is 4.89. The molecule has 0 radical (unpaired) electrons. The van der Waals surface area contributed by atoms with Crippen LogP contribution in [0.4, 0.5) is 5.69 Å². The predicted molar refractivity (Wildman–Crippen MR) is 98.9 cm³/mol. The van der Waals surface area contributed by atoms with Gasteiger partial charge in [0, 0.05) is 10.9 Å². The number of ether oxygens (including phenoxy) is 1. The maximum atomic E-state index is 10.6. The highest BCUT2D eigenvalue weighted by Crippen LogP contribution is 2.33. The van der Waals surface area contributed by atoms with Gasteiger partial charge in [-0.15, -0.1) is 0 Å². The highest BCUT2D eigenvalue weighted by molar-refractivity contribution is 6.05. The van der Waals surface area contributed by atoms with Crippen LogP contribution in [0.3, 0.4) is 0 Å². The Labute approximate surface area is 145 Å². The van der Waals surface area contributed by atoms with Crippen LogP contribution in [0, 0.1) is 5.41 Å². The van der Waals surface area contributed by atoms with Crippen molar-refractivity contribution in [2.75, 3.05) is 11.9 Å². The molecule has 6 nitrogen and oxygen atoms in total. The SMILES string of the molecule is CCOc1cccc2c(NC(=N)NC=O)cc(-c3ccccc3)nc12. The topological polar surface area (TPSA) is 87.1 Å². The molecule has 0 unspecified atom stereocenters. The van der Waals surface area contributed by atoms with Gasteiger partial charge < -0.3 is 10.1 Å². The van der Waals surface area contributed by atoms with Crippen LogP contribution in [0.2, 0.25) is 0 Å². The molecule has 6 heteroatoms. The number of benzene rings is 2. The normalized spacial score (nSPS) is 10.3. The zero-order valence-corrected chi connectivity index (χ0v) is 13.7. The summed E-state index contributed by atoms with van der Waals surface area (Å²) in [6.45, 7) is 2.45. The van der Waals surface area contributed by atoms with Gasteiger partial charge in [0.25, 0.3) is 0 Å². The van der Waals surface area contributed by atoms with E-state index in [-0.39, 0.29) is 5.96 Å². The van der Waals surface area contributed by atoms with E-state index in [4.69, 9.17) is 15.1 Å². The van der Waals surface area contributed by atoms with E-state index in [1.165, 1.54) is 0 Å². The average Bonchev–Trinajstić information content (AvgIpc) is 2.63. The second-order valence-corrected chi connectivity index (χ2v) is 5.27. The third-order valence-electron chi connectivity index (χ3n) is 3.63. The Balaban J connectivity index is 2.19. The number of amides is 1. The fourth-order valence-corrected chi connectivity index (χ4v) is 2.58. The van der Waals surface area contributed by atoms with Crippen molar-refractivity contribution in [1.82, 2.24) is 10.3 Å². The summed E-state index contributed by atoms with van der Waals surface area (Å²) in [4.78, 5) is 15.3. The van der Waals surface area contributed by atoms with Gasteiger partial charge in [-0.05, 0) is 19.1 Å². The zero-order valence-electron chi connectivity index (χ0n) is 13.7. The number of nitrogens with one attached hydrogen (secondary N) is 3. The second kappa shape index (κ2) is 7.44. The molecule has 0 bridgehead atoms. The van der Waals surface area contributed by atoms with Crippen LogP contribution in [0.1, 0.15) is 6.92 Å². The summed E-state index contributed by atoms with van der Waals surface area (Å²) in [5.41, 5.74) is 3.08. The highest BCUT2D eigenvalue weighted by atomic mass is 16.5. The Morgan fingerprint density at radius 3 is 2.72 bits per heavy atom. The summed E-state index contributed by atoms with van der Waals surface area (Å²) in [7, 11) is 0. The number of para-hydroxylation sites is 1. The number of carbonyl (C=O) groups excluding carboxylic acids is 1. The van der Waals surface area contributed by atoms with Gasteiger partial charge in [-0.25, -0.2) is 4.98 Å². The van der Waals surface area contributed by atoms with Crippen LogP contribution in [0.15, 0.2) is 54.6 Å². The molecular weight excluding hydrogens is 316 g/mol. The van der Waals surface area contributed by atoms with E-state index in [0.717, 1.165) is 16.6 Å². The van der Waals surface area contributed by atoms with Crippen LogP contribution in [-0.2, 0) is 4.79 Å². The molecule has 1 heterocycles. The number of aromatic nitrogens is 1. The number of pyridine rings is 1. The first kappa shape index (κ1) is 16.4. The van der Waals surface area contributed by atoms with E-state index in [9.17, 15) is 4.79 Å². The lowest BCUT2D eigenvalue weighted by atomic mass is 10.1. The summed E-state index contributed by atoms with van der Waals surface area (Å²) < 4.78 is 5.70. The maximum absolute atomic E-state index is 10.6. The predicted octanol–water partition coefficient (Wildman–Crippen LogP) is 3.39. The van der Waals surface area contributed by atoms with Gasteiger partial charge in [-0.2, -0.15) is 0 Å². The number of nitrogens with zero attached hydrogens (tertiary/aromatic N) is 1. The summed E-state index contributed by atoms with van der Waals surface area (Å²) in [5, 5.41) is 13.8. The first-order valence-electron chi connectivity index (χ1n) is 7.90. The third kappa shape index (κ3) is 3.58. The molecule has 0 fully saturated rings. The standard InChI is InChI=1S/C19H18N4O2/c1-2-25-17-10-6-9-14-16(23-19(20)21-12-24)11-15(22-18(14)17)13-7-4-3-5-8-13/h3-12H,2H2,1H3,(H3,20,21,22,23,24). The fourth-order valence-electron chi connectivity index (χ4n) is 2.58. The van der Waals surface area contributed by atoms with Crippen molar-refractivity contribution in [2.45, 2.75) is 6.92 Å². The number of rotatable bonds is 5. The Morgan fingerprint density at radius 2 is 2.00 bits per heavy atom. The fraction of sp³-hybridized carbons (Fsp3) is 0.105. The maximum Gasteiger partial charge on any atom is 0.213 e. The highest BCUT2D eigenvalue weighted by Gasteiger charge is 2.12. The molecule has 3 aromatic rings. The molecule has 2 aromatic carbocycles. The molecule has 0 spiro atoms. The lowest BCUT2D eigenvalue weighted by molar-refractivity contribution is -0.108. The summed E-state index contributed by atoms with van der Waals surface area (Å²) in [5.74, 6) is 0.569. The van der Waals surface area contributed by atoms with Crippen molar-refractivity contribution in [3.63, 3.8) is 0 Å². The molecule has 25 heavy (non-hydrogen) atoms. The number of anilines is 1. The van der Waals surface area contributed by atoms with Crippen LogP contribution < -0.4 is 15.4 Å². The minimum absolute atomic E-state index is 0.108. The van der Waals surface area contributed by atoms with E-state index in [0.29, 0.717) is 30.0 Å². The molecule has 0 aliphatic carbocycles. The second-order valence-electron chi connectivity index (χ2n) is 5.27. The number of hydrogen-bond acceptors (Lipinski definition) is 4. The molecule has 1 amide bonds. The summed E-state index contributed by atoms with van der Waals surface area (Å²) >= 11 is 0. The van der Waals surface area contributed by atoms with E-state index in [1.54, 1.807) is 0 Å². The van der Waals surface area contributed by atoms with Crippen molar-refractivity contribution in [1.29, 1.82) is 5.41 Å². The van der Waals surface area contributed by atoms with E-state index in [1.807, 2.05) is 61.5 Å². The van der Waals surface area contributed by atoms with Crippen LogP contribution >= 0.6 is 0 Å². The van der Waals surface area contributed by atoms with Crippen LogP contribution in [0.25, 0.3) is 22.2 Å².